The summed E-state index contributed by atoms with van der Waals surface area (Å²) in [7, 11) is 1.66. The zero-order chi connectivity index (χ0) is 11.2. The first-order valence-corrected chi connectivity index (χ1v) is 5.37. The molecule has 84 valence electrons. The van der Waals surface area contributed by atoms with Crippen LogP contribution in [0.1, 0.15) is 50.0 Å². The van der Waals surface area contributed by atoms with Crippen LogP contribution in [-0.2, 0) is 11.8 Å². The molecule has 4 nitrogen and oxygen atoms in total. The molecule has 0 aliphatic carbocycles. The largest absolute Gasteiger partial charge is 0.494 e. The van der Waals surface area contributed by atoms with E-state index < -0.39 is 0 Å². The van der Waals surface area contributed by atoms with E-state index in [0.717, 1.165) is 24.0 Å². The van der Waals surface area contributed by atoms with Gasteiger partial charge in [-0.05, 0) is 12.8 Å². The zero-order valence-electron chi connectivity index (χ0n) is 9.32. The Morgan fingerprint density at radius 3 is 1.80 bits per heavy atom. The van der Waals surface area contributed by atoms with Crippen molar-refractivity contribution in [2.75, 3.05) is 0 Å². The van der Waals surface area contributed by atoms with Gasteiger partial charge in [-0.3, -0.25) is 4.57 Å². The smallest absolute Gasteiger partial charge is 0.199 e. The van der Waals surface area contributed by atoms with Crippen molar-refractivity contribution in [2.24, 2.45) is 7.05 Å². The van der Waals surface area contributed by atoms with Crippen molar-refractivity contribution in [3.63, 3.8) is 0 Å². The van der Waals surface area contributed by atoms with E-state index in [4.69, 9.17) is 4.74 Å². The highest BCUT2D eigenvalue weighted by atomic mass is 16.5. The standard InChI is InChI=1S/C11H17NO3/c1-4-6-8-9(7(5-2)15-6)11(14)12(3)10(8)13/h6-7,13-14H,4-5H2,1-3H3. The monoisotopic (exact) mass is 211 g/mol. The summed E-state index contributed by atoms with van der Waals surface area (Å²) in [5, 5.41) is 19.8. The molecule has 2 unspecified atom stereocenters. The van der Waals surface area contributed by atoms with Gasteiger partial charge < -0.3 is 14.9 Å². The maximum atomic E-state index is 9.88. The average molecular weight is 211 g/mol. The van der Waals surface area contributed by atoms with Crippen molar-refractivity contribution >= 4 is 0 Å². The molecule has 2 atom stereocenters. The molecule has 0 saturated carbocycles. The highest BCUT2D eigenvalue weighted by molar-refractivity contribution is 5.50. The normalized spacial score (nSPS) is 24.5. The third kappa shape index (κ3) is 1.24. The molecule has 2 heterocycles. The van der Waals surface area contributed by atoms with E-state index in [-0.39, 0.29) is 24.0 Å². The van der Waals surface area contributed by atoms with Crippen molar-refractivity contribution in [2.45, 2.75) is 38.9 Å². The first kappa shape index (κ1) is 10.4. The molecule has 0 spiro atoms. The second-order valence-electron chi connectivity index (χ2n) is 3.96. The summed E-state index contributed by atoms with van der Waals surface area (Å²) >= 11 is 0. The Hall–Kier alpha value is -1.16. The lowest BCUT2D eigenvalue weighted by Gasteiger charge is -2.13. The quantitative estimate of drug-likeness (QED) is 0.789. The molecule has 15 heavy (non-hydrogen) atoms. The summed E-state index contributed by atoms with van der Waals surface area (Å²) in [4.78, 5) is 0. The van der Waals surface area contributed by atoms with Crippen LogP contribution < -0.4 is 0 Å². The van der Waals surface area contributed by atoms with Crippen molar-refractivity contribution in [3.05, 3.63) is 11.1 Å². The van der Waals surface area contributed by atoms with E-state index in [9.17, 15) is 10.2 Å². The van der Waals surface area contributed by atoms with Gasteiger partial charge in [-0.15, -0.1) is 0 Å². The second kappa shape index (κ2) is 3.45. The minimum absolute atomic E-state index is 0.0861. The molecule has 0 fully saturated rings. The van der Waals surface area contributed by atoms with Gasteiger partial charge in [0.2, 0.25) is 0 Å². The van der Waals surface area contributed by atoms with Gasteiger partial charge in [-0.25, -0.2) is 0 Å². The lowest BCUT2D eigenvalue weighted by atomic mass is 10.0. The number of aromatic hydroxyl groups is 2. The lowest BCUT2D eigenvalue weighted by molar-refractivity contribution is 0.00471. The Bertz CT molecular complexity index is 350. The third-order valence-electron chi connectivity index (χ3n) is 3.12. The maximum absolute atomic E-state index is 9.88. The first-order valence-electron chi connectivity index (χ1n) is 5.37. The number of hydrogen-bond acceptors (Lipinski definition) is 3. The van der Waals surface area contributed by atoms with Crippen molar-refractivity contribution in [1.29, 1.82) is 0 Å². The van der Waals surface area contributed by atoms with Gasteiger partial charge in [0.05, 0.1) is 23.3 Å². The summed E-state index contributed by atoms with van der Waals surface area (Å²) in [5.74, 6) is 0.260. The molecule has 1 aliphatic heterocycles. The van der Waals surface area contributed by atoms with Gasteiger partial charge in [0, 0.05) is 7.05 Å². The fourth-order valence-corrected chi connectivity index (χ4v) is 2.27. The SMILES string of the molecule is CCC1OC(CC)c2c1c(O)n(C)c2O. The van der Waals surface area contributed by atoms with Gasteiger partial charge in [0.15, 0.2) is 11.8 Å². The molecular weight excluding hydrogens is 194 g/mol. The fraction of sp³-hybridized carbons (Fsp3) is 0.636. The van der Waals surface area contributed by atoms with Crippen LogP contribution in [-0.4, -0.2) is 14.8 Å². The number of nitrogens with zero attached hydrogens (tertiary/aromatic N) is 1. The van der Waals surface area contributed by atoms with E-state index in [0.29, 0.717) is 0 Å². The molecule has 2 rings (SSSR count). The number of rotatable bonds is 2. The molecule has 1 aromatic rings. The fourth-order valence-electron chi connectivity index (χ4n) is 2.27. The van der Waals surface area contributed by atoms with Crippen molar-refractivity contribution < 1.29 is 14.9 Å². The van der Waals surface area contributed by atoms with Crippen LogP contribution in [0.25, 0.3) is 0 Å². The van der Waals surface area contributed by atoms with E-state index in [1.807, 2.05) is 13.8 Å². The lowest BCUT2D eigenvalue weighted by Crippen LogP contribution is -1.99. The van der Waals surface area contributed by atoms with E-state index >= 15 is 0 Å². The minimum Gasteiger partial charge on any atom is -0.494 e. The highest BCUT2D eigenvalue weighted by Crippen LogP contribution is 2.51. The van der Waals surface area contributed by atoms with Gasteiger partial charge >= 0.3 is 0 Å². The third-order valence-corrected chi connectivity index (χ3v) is 3.12. The molecule has 4 heteroatoms. The van der Waals surface area contributed by atoms with Crippen molar-refractivity contribution in [3.8, 4) is 11.8 Å². The van der Waals surface area contributed by atoms with Crippen LogP contribution in [0.3, 0.4) is 0 Å². The van der Waals surface area contributed by atoms with Gasteiger partial charge in [-0.1, -0.05) is 13.8 Å². The first-order chi connectivity index (χ1) is 7.11. The van der Waals surface area contributed by atoms with Crippen LogP contribution in [0.4, 0.5) is 0 Å². The van der Waals surface area contributed by atoms with Crippen molar-refractivity contribution in [1.82, 2.24) is 4.57 Å². The Kier molecular flexibility index (Phi) is 2.38. The number of hydrogen-bond donors (Lipinski definition) is 2. The number of aromatic nitrogens is 1. The van der Waals surface area contributed by atoms with Gasteiger partial charge in [0.1, 0.15) is 0 Å². The van der Waals surface area contributed by atoms with E-state index in [1.165, 1.54) is 4.57 Å². The number of ether oxygens (including phenoxy) is 1. The molecule has 0 radical (unpaired) electrons. The molecule has 0 aromatic carbocycles. The Labute approximate surface area is 89.1 Å². The maximum Gasteiger partial charge on any atom is 0.199 e. The Balaban J connectivity index is 2.57. The van der Waals surface area contributed by atoms with Crippen LogP contribution in [0.5, 0.6) is 11.8 Å². The van der Waals surface area contributed by atoms with Gasteiger partial charge in [0.25, 0.3) is 0 Å². The highest BCUT2D eigenvalue weighted by Gasteiger charge is 2.38. The predicted molar refractivity (Wildman–Crippen MR) is 55.9 cm³/mol. The van der Waals surface area contributed by atoms with Crippen LogP contribution in [0.15, 0.2) is 0 Å². The average Bonchev–Trinajstić information content (AvgIpc) is 2.72. The van der Waals surface area contributed by atoms with Gasteiger partial charge in [-0.2, -0.15) is 0 Å². The summed E-state index contributed by atoms with van der Waals surface area (Å²) < 4.78 is 7.17. The molecule has 1 aliphatic rings. The molecule has 0 amide bonds. The van der Waals surface area contributed by atoms with Crippen LogP contribution >= 0.6 is 0 Å². The number of fused-ring (bicyclic) bond motifs is 1. The topological polar surface area (TPSA) is 54.6 Å². The molecule has 0 bridgehead atoms. The molecule has 2 N–H and O–H groups in total. The molecule has 0 saturated heterocycles. The van der Waals surface area contributed by atoms with Crippen LogP contribution in [0.2, 0.25) is 0 Å². The summed E-state index contributed by atoms with van der Waals surface area (Å²) in [6, 6.07) is 0. The second-order valence-corrected chi connectivity index (χ2v) is 3.96. The predicted octanol–water partition coefficient (Wildman–Crippen LogP) is 2.37. The Morgan fingerprint density at radius 2 is 1.47 bits per heavy atom. The van der Waals surface area contributed by atoms with E-state index in [2.05, 4.69) is 0 Å². The molecular formula is C11H17NO3. The minimum atomic E-state index is -0.0861. The van der Waals surface area contributed by atoms with E-state index in [1.54, 1.807) is 7.05 Å². The summed E-state index contributed by atoms with van der Waals surface area (Å²) in [6.07, 6.45) is 1.44. The Morgan fingerprint density at radius 1 is 1.07 bits per heavy atom. The summed E-state index contributed by atoms with van der Waals surface area (Å²) in [5.41, 5.74) is 1.54. The van der Waals surface area contributed by atoms with Crippen LogP contribution in [0, 0.1) is 0 Å². The molecule has 1 aromatic heterocycles. The zero-order valence-corrected chi connectivity index (χ0v) is 9.32. The summed E-state index contributed by atoms with van der Waals surface area (Å²) in [6.45, 7) is 4.02.